The Labute approximate surface area is 167 Å². The van der Waals surface area contributed by atoms with E-state index in [1.165, 1.54) is 24.3 Å². The predicted molar refractivity (Wildman–Crippen MR) is 99.3 cm³/mol. The SMILES string of the molecule is CCOC(=O)N1CCC(NC(=O)COC(=O)COc2ccccc2[N+](=O)[O-])CC1. The van der Waals surface area contributed by atoms with E-state index in [0.29, 0.717) is 32.5 Å². The molecule has 29 heavy (non-hydrogen) atoms. The second-order valence-corrected chi connectivity index (χ2v) is 6.20. The molecule has 1 saturated heterocycles. The molecular weight excluding hydrogens is 386 g/mol. The van der Waals surface area contributed by atoms with Crippen molar-refractivity contribution in [1.82, 2.24) is 10.2 Å². The van der Waals surface area contributed by atoms with Crippen molar-refractivity contribution in [2.75, 3.05) is 32.9 Å². The van der Waals surface area contributed by atoms with E-state index < -0.39 is 30.0 Å². The first kappa shape index (κ1) is 21.9. The first-order chi connectivity index (χ1) is 13.9. The number of carbonyl (C=O) groups excluding carboxylic acids is 3. The number of nitrogens with one attached hydrogen (secondary N) is 1. The number of nitro benzene ring substituents is 1. The van der Waals surface area contributed by atoms with Crippen molar-refractivity contribution in [3.8, 4) is 5.75 Å². The summed E-state index contributed by atoms with van der Waals surface area (Å²) in [5.74, 6) is -1.36. The molecule has 0 radical (unpaired) electrons. The van der Waals surface area contributed by atoms with Gasteiger partial charge in [0.15, 0.2) is 19.0 Å². The van der Waals surface area contributed by atoms with Crippen molar-refractivity contribution < 1.29 is 33.5 Å². The summed E-state index contributed by atoms with van der Waals surface area (Å²) in [7, 11) is 0. The van der Waals surface area contributed by atoms with Crippen LogP contribution in [0.3, 0.4) is 0 Å². The fourth-order valence-corrected chi connectivity index (χ4v) is 2.74. The van der Waals surface area contributed by atoms with Crippen LogP contribution in [-0.4, -0.2) is 66.7 Å². The van der Waals surface area contributed by atoms with Gasteiger partial charge < -0.3 is 24.4 Å². The van der Waals surface area contributed by atoms with E-state index in [0.717, 1.165) is 0 Å². The maximum absolute atomic E-state index is 11.9. The van der Waals surface area contributed by atoms with Crippen molar-refractivity contribution >= 4 is 23.7 Å². The number of esters is 1. The van der Waals surface area contributed by atoms with Crippen LogP contribution in [-0.2, 0) is 19.1 Å². The van der Waals surface area contributed by atoms with Crippen LogP contribution >= 0.6 is 0 Å². The number of amides is 2. The second-order valence-electron chi connectivity index (χ2n) is 6.20. The number of hydrogen-bond donors (Lipinski definition) is 1. The Kier molecular flexibility index (Phi) is 8.19. The molecule has 1 heterocycles. The van der Waals surface area contributed by atoms with Crippen molar-refractivity contribution in [2.45, 2.75) is 25.8 Å². The molecule has 11 nitrogen and oxygen atoms in total. The van der Waals surface area contributed by atoms with Gasteiger partial charge in [0.25, 0.3) is 5.91 Å². The molecule has 11 heteroatoms. The number of likely N-dealkylation sites (tertiary alicyclic amines) is 1. The Morgan fingerprint density at radius 3 is 2.52 bits per heavy atom. The standard InChI is InChI=1S/C18H23N3O8/c1-2-27-18(24)20-9-7-13(8-10-20)19-16(22)11-29-17(23)12-28-15-6-4-3-5-14(15)21(25)26/h3-6,13H,2,7-12H2,1H3,(H,19,22). The van der Waals surface area contributed by atoms with E-state index >= 15 is 0 Å². The second kappa shape index (κ2) is 10.8. The first-order valence-electron chi connectivity index (χ1n) is 9.13. The zero-order valence-corrected chi connectivity index (χ0v) is 16.0. The monoisotopic (exact) mass is 409 g/mol. The number of hydrogen-bond acceptors (Lipinski definition) is 8. The number of nitro groups is 1. The number of benzene rings is 1. The molecule has 158 valence electrons. The Bertz CT molecular complexity index is 746. The van der Waals surface area contributed by atoms with E-state index in [1.807, 2.05) is 0 Å². The van der Waals surface area contributed by atoms with Crippen LogP contribution in [0.5, 0.6) is 5.75 Å². The Morgan fingerprint density at radius 2 is 1.86 bits per heavy atom. The van der Waals surface area contributed by atoms with Gasteiger partial charge in [-0.3, -0.25) is 14.9 Å². The summed E-state index contributed by atoms with van der Waals surface area (Å²) < 4.78 is 14.9. The van der Waals surface area contributed by atoms with Crippen molar-refractivity contribution in [3.63, 3.8) is 0 Å². The summed E-state index contributed by atoms with van der Waals surface area (Å²) in [6, 6.07) is 5.50. The molecule has 0 saturated carbocycles. The van der Waals surface area contributed by atoms with Gasteiger partial charge in [-0.15, -0.1) is 0 Å². The van der Waals surface area contributed by atoms with Crippen molar-refractivity contribution in [3.05, 3.63) is 34.4 Å². The summed E-state index contributed by atoms with van der Waals surface area (Å²) in [4.78, 5) is 47.1. The lowest BCUT2D eigenvalue weighted by Gasteiger charge is -2.31. The highest BCUT2D eigenvalue weighted by atomic mass is 16.6. The van der Waals surface area contributed by atoms with Crippen LogP contribution in [0, 0.1) is 10.1 Å². The molecule has 1 aromatic carbocycles. The highest BCUT2D eigenvalue weighted by Gasteiger charge is 2.25. The number of para-hydroxylation sites is 2. The average Bonchev–Trinajstić information content (AvgIpc) is 2.71. The lowest BCUT2D eigenvalue weighted by molar-refractivity contribution is -0.385. The molecule has 0 unspecified atom stereocenters. The van der Waals surface area contributed by atoms with Crippen LogP contribution in [0.2, 0.25) is 0 Å². The largest absolute Gasteiger partial charge is 0.475 e. The summed E-state index contributed by atoms with van der Waals surface area (Å²) in [6.07, 6.45) is 0.767. The molecule has 1 aliphatic rings. The molecule has 1 aliphatic heterocycles. The lowest BCUT2D eigenvalue weighted by Crippen LogP contribution is -2.47. The number of rotatable bonds is 8. The molecule has 2 amide bonds. The van der Waals surface area contributed by atoms with Gasteiger partial charge in [-0.1, -0.05) is 12.1 Å². The van der Waals surface area contributed by atoms with Gasteiger partial charge in [-0.05, 0) is 25.8 Å². The molecular formula is C18H23N3O8. The van der Waals surface area contributed by atoms with E-state index in [-0.39, 0.29) is 23.6 Å². The number of carbonyl (C=O) groups is 3. The number of piperidine rings is 1. The fraction of sp³-hybridized carbons (Fsp3) is 0.500. The van der Waals surface area contributed by atoms with E-state index in [9.17, 15) is 24.5 Å². The van der Waals surface area contributed by atoms with Crippen molar-refractivity contribution in [2.24, 2.45) is 0 Å². The maximum atomic E-state index is 11.9. The Morgan fingerprint density at radius 1 is 1.17 bits per heavy atom. The van der Waals surface area contributed by atoms with Crippen LogP contribution in [0.15, 0.2) is 24.3 Å². The van der Waals surface area contributed by atoms with Gasteiger partial charge in [0, 0.05) is 25.2 Å². The quantitative estimate of drug-likeness (QED) is 0.385. The van der Waals surface area contributed by atoms with Gasteiger partial charge in [-0.2, -0.15) is 0 Å². The van der Waals surface area contributed by atoms with E-state index in [2.05, 4.69) is 5.32 Å². The minimum atomic E-state index is -0.824. The van der Waals surface area contributed by atoms with Crippen LogP contribution in [0.4, 0.5) is 10.5 Å². The van der Waals surface area contributed by atoms with Crippen LogP contribution < -0.4 is 10.1 Å². The number of nitrogens with zero attached hydrogens (tertiary/aromatic N) is 2. The van der Waals surface area contributed by atoms with Gasteiger partial charge in [0.05, 0.1) is 11.5 Å². The highest BCUT2D eigenvalue weighted by Crippen LogP contribution is 2.25. The highest BCUT2D eigenvalue weighted by molar-refractivity contribution is 5.81. The normalized spacial score (nSPS) is 14.0. The Hall–Kier alpha value is -3.37. The molecule has 0 bridgehead atoms. The number of ether oxygens (including phenoxy) is 3. The van der Waals surface area contributed by atoms with Gasteiger partial charge >= 0.3 is 17.7 Å². The lowest BCUT2D eigenvalue weighted by atomic mass is 10.1. The fourth-order valence-electron chi connectivity index (χ4n) is 2.74. The van der Waals surface area contributed by atoms with E-state index in [4.69, 9.17) is 14.2 Å². The molecule has 0 atom stereocenters. The first-order valence-corrected chi connectivity index (χ1v) is 9.13. The summed E-state index contributed by atoms with van der Waals surface area (Å²) in [5.41, 5.74) is -0.271. The summed E-state index contributed by atoms with van der Waals surface area (Å²) >= 11 is 0. The molecule has 2 rings (SSSR count). The van der Waals surface area contributed by atoms with Crippen LogP contribution in [0.25, 0.3) is 0 Å². The molecule has 0 aromatic heterocycles. The minimum Gasteiger partial charge on any atom is -0.475 e. The van der Waals surface area contributed by atoms with Crippen LogP contribution in [0.1, 0.15) is 19.8 Å². The average molecular weight is 409 g/mol. The molecule has 0 spiro atoms. The smallest absolute Gasteiger partial charge is 0.409 e. The molecule has 1 fully saturated rings. The van der Waals surface area contributed by atoms with E-state index in [1.54, 1.807) is 11.8 Å². The predicted octanol–water partition coefficient (Wildman–Crippen LogP) is 1.25. The third-order valence-electron chi connectivity index (χ3n) is 4.16. The van der Waals surface area contributed by atoms with Gasteiger partial charge in [-0.25, -0.2) is 9.59 Å². The van der Waals surface area contributed by atoms with Gasteiger partial charge in [0.2, 0.25) is 0 Å². The summed E-state index contributed by atoms with van der Waals surface area (Å²) in [6.45, 7) is 1.92. The maximum Gasteiger partial charge on any atom is 0.409 e. The third-order valence-corrected chi connectivity index (χ3v) is 4.16. The minimum absolute atomic E-state index is 0.0627. The zero-order valence-electron chi connectivity index (χ0n) is 16.0. The Balaban J connectivity index is 1.67. The van der Waals surface area contributed by atoms with Gasteiger partial charge in [0.1, 0.15) is 0 Å². The molecule has 1 aromatic rings. The topological polar surface area (TPSA) is 137 Å². The van der Waals surface area contributed by atoms with Crippen molar-refractivity contribution in [1.29, 1.82) is 0 Å². The molecule has 1 N–H and O–H groups in total. The molecule has 0 aliphatic carbocycles. The third kappa shape index (κ3) is 6.94. The zero-order chi connectivity index (χ0) is 21.2. The summed E-state index contributed by atoms with van der Waals surface area (Å²) in [5, 5.41) is 13.6.